The predicted molar refractivity (Wildman–Crippen MR) is 39.7 cm³/mol. The predicted octanol–water partition coefficient (Wildman–Crippen LogP) is 2.17. The molecule has 0 amide bonds. The van der Waals surface area contributed by atoms with Crippen LogP contribution in [0.5, 0.6) is 0 Å². The third-order valence-electron chi connectivity index (χ3n) is 1.49. The fourth-order valence-electron chi connectivity index (χ4n) is 0. The van der Waals surface area contributed by atoms with Gasteiger partial charge in [-0.3, -0.25) is 0 Å². The van der Waals surface area contributed by atoms with Crippen LogP contribution in [0.2, 0.25) is 5.31 Å². The van der Waals surface area contributed by atoms with Crippen LogP contribution in [-0.2, 0) is 0 Å². The van der Waals surface area contributed by atoms with Crippen LogP contribution in [0.1, 0.15) is 27.7 Å². The minimum absolute atomic E-state index is 0. The molecule has 48 valence electrons. The maximum Gasteiger partial charge on any atom is 0.0742 e. The molecule has 0 atom stereocenters. The Hall–Kier alpha value is 0.0249. The summed E-state index contributed by atoms with van der Waals surface area (Å²) in [5.41, 5.74) is 0. The van der Waals surface area contributed by atoms with Crippen molar-refractivity contribution in [3.63, 3.8) is 0 Å². The van der Waals surface area contributed by atoms with Crippen molar-refractivity contribution in [1.29, 1.82) is 0 Å². The van der Waals surface area contributed by atoms with Crippen LogP contribution in [0.4, 0.5) is 0 Å². The second-order valence-corrected chi connectivity index (χ2v) is 2.98. The van der Waals surface area contributed by atoms with Gasteiger partial charge < -0.3 is 6.15 Å². The summed E-state index contributed by atoms with van der Waals surface area (Å²) in [5, 5.41) is 0.000000000000000222. The van der Waals surface area contributed by atoms with Crippen LogP contribution in [-0.4, -0.2) is 7.85 Å². The first kappa shape index (κ1) is 10.9. The molecule has 0 bridgehead atoms. The molecule has 0 saturated carbocycles. The second-order valence-electron chi connectivity index (χ2n) is 2.98. The van der Waals surface area contributed by atoms with Gasteiger partial charge in [-0.1, -0.05) is 33.0 Å². The van der Waals surface area contributed by atoms with Crippen molar-refractivity contribution in [2.45, 2.75) is 33.0 Å². The van der Waals surface area contributed by atoms with Gasteiger partial charge in [-0.2, -0.15) is 0 Å². The lowest BCUT2D eigenvalue weighted by molar-refractivity contribution is 0.480. The van der Waals surface area contributed by atoms with E-state index in [2.05, 4.69) is 13.8 Å². The lowest BCUT2D eigenvalue weighted by Crippen LogP contribution is -2.09. The molecule has 0 aromatic heterocycles. The molecule has 0 rings (SSSR count). The number of hydrogen-bond donors (Lipinski definition) is 1. The third-order valence-corrected chi connectivity index (χ3v) is 1.49. The van der Waals surface area contributed by atoms with Gasteiger partial charge in [0.1, 0.15) is 0 Å². The Bertz CT molecular complexity index is 54.0. The van der Waals surface area contributed by atoms with Crippen molar-refractivity contribution >= 4 is 7.85 Å². The molecule has 2 heteroatoms. The van der Waals surface area contributed by atoms with E-state index in [4.69, 9.17) is 7.85 Å². The van der Waals surface area contributed by atoms with Crippen LogP contribution in [0.15, 0.2) is 0 Å². The van der Waals surface area contributed by atoms with E-state index in [1.54, 1.807) is 0 Å². The van der Waals surface area contributed by atoms with E-state index in [9.17, 15) is 0 Å². The van der Waals surface area contributed by atoms with Crippen molar-refractivity contribution in [1.82, 2.24) is 6.15 Å². The summed E-state index contributed by atoms with van der Waals surface area (Å²) < 4.78 is 0. The van der Waals surface area contributed by atoms with Gasteiger partial charge in [0.2, 0.25) is 0 Å². The Balaban J connectivity index is 0. The Morgan fingerprint density at radius 2 is 1.38 bits per heavy atom. The molecule has 0 aliphatic carbocycles. The van der Waals surface area contributed by atoms with Gasteiger partial charge in [-0.25, -0.2) is 0 Å². The molecule has 3 N–H and O–H groups in total. The highest BCUT2D eigenvalue weighted by molar-refractivity contribution is 6.14. The van der Waals surface area contributed by atoms with Gasteiger partial charge in [0.25, 0.3) is 0 Å². The fourth-order valence-corrected chi connectivity index (χ4v) is 0. The van der Waals surface area contributed by atoms with Crippen LogP contribution < -0.4 is 6.15 Å². The summed E-state index contributed by atoms with van der Waals surface area (Å²) in [5.74, 6) is 0.576. The van der Waals surface area contributed by atoms with Gasteiger partial charge >= 0.3 is 0 Å². The summed E-state index contributed by atoms with van der Waals surface area (Å²) in [4.78, 5) is 0. The molecule has 2 radical (unpaired) electrons. The second kappa shape index (κ2) is 3.13. The van der Waals surface area contributed by atoms with Gasteiger partial charge in [0.05, 0.1) is 7.85 Å². The molecular formula is C6H16BN. The third kappa shape index (κ3) is 4.19. The lowest BCUT2D eigenvalue weighted by Gasteiger charge is -2.23. The van der Waals surface area contributed by atoms with E-state index in [1.807, 2.05) is 13.8 Å². The molecule has 0 aliphatic rings. The molecule has 1 nitrogen and oxygen atoms in total. The van der Waals surface area contributed by atoms with E-state index in [1.165, 1.54) is 0 Å². The van der Waals surface area contributed by atoms with Crippen molar-refractivity contribution in [2.75, 3.05) is 0 Å². The first-order valence-corrected chi connectivity index (χ1v) is 2.73. The monoisotopic (exact) mass is 113 g/mol. The van der Waals surface area contributed by atoms with Crippen molar-refractivity contribution < 1.29 is 0 Å². The van der Waals surface area contributed by atoms with Crippen LogP contribution in [0, 0.1) is 5.92 Å². The summed E-state index contributed by atoms with van der Waals surface area (Å²) in [6.45, 7) is 8.33. The summed E-state index contributed by atoms with van der Waals surface area (Å²) >= 11 is 0. The Labute approximate surface area is 53.9 Å². The van der Waals surface area contributed by atoms with Gasteiger partial charge in [0.15, 0.2) is 0 Å². The molecule has 0 aromatic carbocycles. The van der Waals surface area contributed by atoms with Crippen LogP contribution in [0.3, 0.4) is 0 Å². The zero-order valence-electron chi connectivity index (χ0n) is 6.36. The largest absolute Gasteiger partial charge is 0.344 e. The number of rotatable bonds is 1. The Morgan fingerprint density at radius 3 is 1.38 bits per heavy atom. The zero-order chi connectivity index (χ0) is 6.08. The molecule has 0 heterocycles. The summed E-state index contributed by atoms with van der Waals surface area (Å²) in [7, 11) is 5.68. The SMILES string of the molecule is N.[B]C(C)(C)C(C)C. The zero-order valence-corrected chi connectivity index (χ0v) is 6.36. The van der Waals surface area contributed by atoms with E-state index in [0.717, 1.165) is 0 Å². The topological polar surface area (TPSA) is 35.0 Å². The first-order chi connectivity index (χ1) is 2.94. The number of hydrogen-bond acceptors (Lipinski definition) is 1. The molecule has 0 aromatic rings. The highest BCUT2D eigenvalue weighted by atomic mass is 14.1. The molecule has 0 saturated heterocycles. The smallest absolute Gasteiger partial charge is 0.0742 e. The summed E-state index contributed by atoms with van der Waals surface area (Å²) in [6.07, 6.45) is 0. The maximum atomic E-state index is 5.68. The highest BCUT2D eigenvalue weighted by Crippen LogP contribution is 2.28. The highest BCUT2D eigenvalue weighted by Gasteiger charge is 2.13. The van der Waals surface area contributed by atoms with E-state index in [0.29, 0.717) is 5.92 Å². The first-order valence-electron chi connectivity index (χ1n) is 2.73. The minimum Gasteiger partial charge on any atom is -0.344 e. The van der Waals surface area contributed by atoms with Gasteiger partial charge in [-0.15, -0.1) is 0 Å². The molecule has 0 unspecified atom stereocenters. The molecule has 0 spiro atoms. The van der Waals surface area contributed by atoms with Crippen LogP contribution in [0.25, 0.3) is 0 Å². The molecule has 0 aliphatic heterocycles. The minimum atomic E-state index is 0. The molecular weight excluding hydrogens is 96.9 g/mol. The van der Waals surface area contributed by atoms with E-state index >= 15 is 0 Å². The standard InChI is InChI=1S/C6H13B.H3N/c1-5(2)6(3,4)7;/h5H,1-4H3;1H3. The average molecular weight is 113 g/mol. The van der Waals surface area contributed by atoms with E-state index in [-0.39, 0.29) is 11.5 Å². The summed E-state index contributed by atoms with van der Waals surface area (Å²) in [6, 6.07) is 0. The van der Waals surface area contributed by atoms with Crippen LogP contribution >= 0.6 is 0 Å². The quantitative estimate of drug-likeness (QED) is 0.519. The molecule has 8 heavy (non-hydrogen) atoms. The normalized spacial score (nSPS) is 11.1. The fraction of sp³-hybridized carbons (Fsp3) is 1.00. The van der Waals surface area contributed by atoms with E-state index < -0.39 is 0 Å². The van der Waals surface area contributed by atoms with Gasteiger partial charge in [-0.05, 0) is 5.92 Å². The maximum absolute atomic E-state index is 5.68. The Morgan fingerprint density at radius 1 is 1.25 bits per heavy atom. The van der Waals surface area contributed by atoms with Gasteiger partial charge in [0, 0.05) is 0 Å². The van der Waals surface area contributed by atoms with Crippen molar-refractivity contribution in [3.05, 3.63) is 0 Å². The molecule has 0 fully saturated rings. The van der Waals surface area contributed by atoms with Crippen molar-refractivity contribution in [3.8, 4) is 0 Å². The lowest BCUT2D eigenvalue weighted by atomic mass is 9.65. The average Bonchev–Trinajstić information content (AvgIpc) is 1.31. The van der Waals surface area contributed by atoms with Crippen molar-refractivity contribution in [2.24, 2.45) is 5.92 Å². The Kier molecular flexibility index (Phi) is 4.27.